The van der Waals surface area contributed by atoms with Crippen LogP contribution >= 0.6 is 0 Å². The molecule has 4 fully saturated rings. The first-order valence-corrected chi connectivity index (χ1v) is 15.0. The van der Waals surface area contributed by atoms with Crippen LogP contribution in [0.1, 0.15) is 86.0 Å². The highest BCUT2D eigenvalue weighted by atomic mass is 16.5. The van der Waals surface area contributed by atoms with E-state index >= 15 is 0 Å². The molecule has 0 bridgehead atoms. The van der Waals surface area contributed by atoms with Crippen molar-refractivity contribution in [2.45, 2.75) is 98.1 Å². The van der Waals surface area contributed by atoms with Crippen LogP contribution in [0.25, 0.3) is 0 Å². The topological polar surface area (TPSA) is 83.9 Å². The van der Waals surface area contributed by atoms with E-state index in [1.807, 2.05) is 6.08 Å². The molecule has 38 heavy (non-hydrogen) atoms. The van der Waals surface area contributed by atoms with Crippen LogP contribution in [0.3, 0.4) is 0 Å². The second-order valence-corrected chi connectivity index (χ2v) is 13.5. The molecule has 1 heterocycles. The second-order valence-electron chi connectivity index (χ2n) is 13.5. The molecule has 3 saturated carbocycles. The van der Waals surface area contributed by atoms with Crippen LogP contribution in [0.4, 0.5) is 0 Å². The van der Waals surface area contributed by atoms with Crippen molar-refractivity contribution in [3.05, 3.63) is 23.8 Å². The van der Waals surface area contributed by atoms with Crippen molar-refractivity contribution in [2.75, 3.05) is 19.7 Å². The molecule has 8 atom stereocenters. The van der Waals surface area contributed by atoms with Gasteiger partial charge in [0.2, 0.25) is 0 Å². The average Bonchev–Trinajstić information content (AvgIpc) is 3.35. The van der Waals surface area contributed by atoms with E-state index in [0.717, 1.165) is 57.1 Å². The molecule has 1 aliphatic heterocycles. The number of hydrogen-bond donors (Lipinski definition) is 1. The summed E-state index contributed by atoms with van der Waals surface area (Å²) in [5, 5.41) is 11.9. The maximum absolute atomic E-state index is 14.2. The van der Waals surface area contributed by atoms with Crippen molar-refractivity contribution in [2.24, 2.45) is 39.9 Å². The molecule has 4 aliphatic carbocycles. The number of rotatable bonds is 8. The van der Waals surface area contributed by atoms with Crippen LogP contribution in [0.15, 0.2) is 23.8 Å². The Hall–Kier alpha value is -1.79. The normalized spacial score (nSPS) is 41.8. The summed E-state index contributed by atoms with van der Waals surface area (Å²) >= 11 is 0. The first-order chi connectivity index (χ1) is 18.0. The summed E-state index contributed by atoms with van der Waals surface area (Å²) in [6, 6.07) is 0.462. The number of likely N-dealkylation sites (tertiary alicyclic amines) is 1. The summed E-state index contributed by atoms with van der Waals surface area (Å²) < 4.78 is 5.35. The Morgan fingerprint density at radius 3 is 2.58 bits per heavy atom. The molecule has 0 aromatic carbocycles. The SMILES string of the molecule is CCCC(CCC)N1CC2CC3C4CCC5=CC(=O)C=CC5(C)C4C(O)CC3(C)C2(C(=O)COC(C)=O)C1. The van der Waals surface area contributed by atoms with Gasteiger partial charge in [0.05, 0.1) is 11.5 Å². The summed E-state index contributed by atoms with van der Waals surface area (Å²) in [5.74, 6) is 0.549. The number of Topliss-reactive ketones (excluding diaryl/α,β-unsaturated/α-hetero) is 1. The first kappa shape index (κ1) is 27.8. The highest BCUT2D eigenvalue weighted by Gasteiger charge is 2.73. The van der Waals surface area contributed by atoms with Crippen molar-refractivity contribution in [3.8, 4) is 0 Å². The van der Waals surface area contributed by atoms with Gasteiger partial charge >= 0.3 is 5.97 Å². The van der Waals surface area contributed by atoms with E-state index in [2.05, 4.69) is 32.6 Å². The van der Waals surface area contributed by atoms with Gasteiger partial charge in [0, 0.05) is 37.4 Å². The Balaban J connectivity index is 1.53. The van der Waals surface area contributed by atoms with Gasteiger partial charge in [-0.2, -0.15) is 0 Å². The quantitative estimate of drug-likeness (QED) is 0.454. The molecule has 0 aromatic heterocycles. The van der Waals surface area contributed by atoms with Gasteiger partial charge in [0.15, 0.2) is 18.2 Å². The molecule has 210 valence electrons. The van der Waals surface area contributed by atoms with E-state index < -0.39 is 17.5 Å². The maximum atomic E-state index is 14.2. The molecule has 5 aliphatic rings. The second kappa shape index (κ2) is 9.99. The third-order valence-electron chi connectivity index (χ3n) is 11.7. The van der Waals surface area contributed by atoms with Gasteiger partial charge < -0.3 is 9.84 Å². The molecule has 8 unspecified atom stereocenters. The Morgan fingerprint density at radius 2 is 1.92 bits per heavy atom. The van der Waals surface area contributed by atoms with E-state index in [1.165, 1.54) is 6.92 Å². The standard InChI is InChI=1S/C32H47NO5/c1-6-8-23(9-7-2)33-17-22-15-26-25-11-10-21-14-24(35)12-13-30(21,4)29(25)27(36)16-31(26,5)32(22,19-33)28(37)18-38-20(3)34/h12-14,22-23,25-27,29,36H,6-11,15-19H2,1-5H3. The summed E-state index contributed by atoms with van der Waals surface area (Å²) in [7, 11) is 0. The van der Waals surface area contributed by atoms with Crippen molar-refractivity contribution >= 4 is 17.5 Å². The predicted octanol–water partition coefficient (Wildman–Crippen LogP) is 4.89. The van der Waals surface area contributed by atoms with Crippen LogP contribution < -0.4 is 0 Å². The highest BCUT2D eigenvalue weighted by Crippen LogP contribution is 2.72. The third kappa shape index (κ3) is 3.99. The Kier molecular flexibility index (Phi) is 7.30. The number of ketones is 2. The van der Waals surface area contributed by atoms with E-state index in [4.69, 9.17) is 4.74 Å². The van der Waals surface area contributed by atoms with E-state index in [0.29, 0.717) is 30.8 Å². The fourth-order valence-electron chi connectivity index (χ4n) is 10.2. The van der Waals surface area contributed by atoms with Crippen LogP contribution in [-0.2, 0) is 19.1 Å². The number of esters is 1. The number of allylic oxidation sites excluding steroid dienone is 4. The molecule has 6 heteroatoms. The van der Waals surface area contributed by atoms with Crippen molar-refractivity contribution in [1.82, 2.24) is 4.90 Å². The summed E-state index contributed by atoms with van der Waals surface area (Å²) in [6.07, 6.45) is 12.8. The van der Waals surface area contributed by atoms with Crippen molar-refractivity contribution < 1.29 is 24.2 Å². The number of carbonyl (C=O) groups is 3. The van der Waals surface area contributed by atoms with Gasteiger partial charge in [-0.3, -0.25) is 19.3 Å². The van der Waals surface area contributed by atoms with Gasteiger partial charge in [0.1, 0.15) is 0 Å². The van der Waals surface area contributed by atoms with Crippen LogP contribution in [0, 0.1) is 39.9 Å². The summed E-state index contributed by atoms with van der Waals surface area (Å²) in [6.45, 7) is 11.7. The molecule has 0 radical (unpaired) electrons. The fourth-order valence-corrected chi connectivity index (χ4v) is 10.2. The Labute approximate surface area is 228 Å². The molecular weight excluding hydrogens is 478 g/mol. The molecule has 1 saturated heterocycles. The molecule has 0 aromatic rings. The lowest BCUT2D eigenvalue weighted by Crippen LogP contribution is -2.60. The zero-order chi connectivity index (χ0) is 27.5. The van der Waals surface area contributed by atoms with Crippen LogP contribution in [0.2, 0.25) is 0 Å². The molecule has 0 spiro atoms. The van der Waals surface area contributed by atoms with Gasteiger partial charge in [-0.15, -0.1) is 0 Å². The Bertz CT molecular complexity index is 1040. The van der Waals surface area contributed by atoms with Gasteiger partial charge in [-0.05, 0) is 73.8 Å². The lowest BCUT2D eigenvalue weighted by Gasteiger charge is -2.60. The lowest BCUT2D eigenvalue weighted by molar-refractivity contribution is -0.164. The van der Waals surface area contributed by atoms with Gasteiger partial charge in [0.25, 0.3) is 0 Å². The number of aliphatic hydroxyl groups excluding tert-OH is 1. The fraction of sp³-hybridized carbons (Fsp3) is 0.781. The molecule has 0 amide bonds. The minimum absolute atomic E-state index is 0.0466. The number of aliphatic hydroxyl groups is 1. The average molecular weight is 526 g/mol. The highest BCUT2D eigenvalue weighted by molar-refractivity contribution is 6.01. The predicted molar refractivity (Wildman–Crippen MR) is 146 cm³/mol. The van der Waals surface area contributed by atoms with E-state index in [1.54, 1.807) is 12.2 Å². The largest absolute Gasteiger partial charge is 0.458 e. The first-order valence-electron chi connectivity index (χ1n) is 15.0. The number of carbonyl (C=O) groups excluding carboxylic acids is 3. The number of ether oxygens (including phenoxy) is 1. The zero-order valence-corrected chi connectivity index (χ0v) is 24.0. The molecule has 6 nitrogen and oxygen atoms in total. The minimum Gasteiger partial charge on any atom is -0.458 e. The summed E-state index contributed by atoms with van der Waals surface area (Å²) in [4.78, 5) is 40.7. The van der Waals surface area contributed by atoms with Crippen LogP contribution in [-0.4, -0.2) is 59.4 Å². The number of hydrogen-bond acceptors (Lipinski definition) is 6. The third-order valence-corrected chi connectivity index (χ3v) is 11.7. The molecule has 5 rings (SSSR count). The Morgan fingerprint density at radius 1 is 1.21 bits per heavy atom. The van der Waals surface area contributed by atoms with Gasteiger partial charge in [-0.25, -0.2) is 0 Å². The maximum Gasteiger partial charge on any atom is 0.303 e. The van der Waals surface area contributed by atoms with E-state index in [-0.39, 0.29) is 40.8 Å². The monoisotopic (exact) mass is 525 g/mol. The lowest BCUT2D eigenvalue weighted by atomic mass is 9.44. The van der Waals surface area contributed by atoms with Gasteiger partial charge in [-0.1, -0.05) is 52.2 Å². The molecular formula is C32H47NO5. The summed E-state index contributed by atoms with van der Waals surface area (Å²) in [5.41, 5.74) is -0.141. The molecule has 1 N–H and O–H groups in total. The van der Waals surface area contributed by atoms with Crippen molar-refractivity contribution in [1.29, 1.82) is 0 Å². The van der Waals surface area contributed by atoms with E-state index in [9.17, 15) is 19.5 Å². The zero-order valence-electron chi connectivity index (χ0n) is 24.0. The number of fused-ring (bicyclic) bond motifs is 7. The number of nitrogens with zero attached hydrogens (tertiary/aromatic N) is 1. The van der Waals surface area contributed by atoms with Crippen molar-refractivity contribution in [3.63, 3.8) is 0 Å². The smallest absolute Gasteiger partial charge is 0.303 e. The van der Waals surface area contributed by atoms with Crippen LogP contribution in [0.5, 0.6) is 0 Å². The minimum atomic E-state index is -0.617.